The maximum atomic E-state index is 12.6. The third-order valence-electron chi connectivity index (χ3n) is 19.4. The zero-order valence-corrected chi connectivity index (χ0v) is 61.1. The van der Waals surface area contributed by atoms with Crippen molar-refractivity contribution in [2.75, 3.05) is 13.2 Å². The second-order valence-corrected chi connectivity index (χ2v) is 28.5. The quantitative estimate of drug-likeness (QED) is 0.0320. The Balaban J connectivity index is 3.39. The summed E-state index contributed by atoms with van der Waals surface area (Å²) < 4.78 is 5.51. The second kappa shape index (κ2) is 79.5. The summed E-state index contributed by atoms with van der Waals surface area (Å²) in [4.78, 5) is 24.7. The molecule has 2 atom stereocenters. The minimum Gasteiger partial charge on any atom is -0.466 e. The van der Waals surface area contributed by atoms with Gasteiger partial charge in [0, 0.05) is 12.8 Å². The van der Waals surface area contributed by atoms with Gasteiger partial charge in [0.1, 0.15) is 0 Å². The van der Waals surface area contributed by atoms with E-state index in [1.807, 2.05) is 6.08 Å². The number of carbonyl (C=O) groups excluding carboxylic acids is 2. The minimum atomic E-state index is -0.845. The molecule has 0 aromatic rings. The molecule has 532 valence electrons. The highest BCUT2D eigenvalue weighted by Crippen LogP contribution is 2.20. The molecule has 0 spiro atoms. The van der Waals surface area contributed by atoms with Crippen molar-refractivity contribution in [1.29, 1.82) is 0 Å². The van der Waals surface area contributed by atoms with Crippen molar-refractivity contribution < 1.29 is 24.5 Å². The van der Waals surface area contributed by atoms with Gasteiger partial charge >= 0.3 is 5.97 Å². The number of rotatable bonds is 78. The fraction of sp³-hybridized carbons (Fsp3) is 0.905. The average Bonchev–Trinajstić information content (AvgIpc) is 3.58. The van der Waals surface area contributed by atoms with Gasteiger partial charge in [-0.15, -0.1) is 0 Å². The van der Waals surface area contributed by atoms with Gasteiger partial charge in [-0.05, 0) is 64.2 Å². The van der Waals surface area contributed by atoms with Gasteiger partial charge in [-0.3, -0.25) is 9.59 Å². The van der Waals surface area contributed by atoms with Crippen molar-refractivity contribution in [3.05, 3.63) is 36.5 Å². The normalized spacial score (nSPS) is 12.6. The second-order valence-electron chi connectivity index (χ2n) is 28.5. The van der Waals surface area contributed by atoms with Crippen LogP contribution in [0.25, 0.3) is 0 Å². The number of aliphatic hydroxyl groups excluding tert-OH is 2. The molecule has 3 N–H and O–H groups in total. The van der Waals surface area contributed by atoms with E-state index < -0.39 is 12.1 Å². The molecule has 0 radical (unpaired) electrons. The van der Waals surface area contributed by atoms with Crippen LogP contribution >= 0.6 is 0 Å². The van der Waals surface area contributed by atoms with Crippen LogP contribution in [0, 0.1) is 0 Å². The highest BCUT2D eigenvalue weighted by molar-refractivity contribution is 5.76. The number of amides is 1. The molecule has 6 heteroatoms. The number of carbonyl (C=O) groups is 2. The molecule has 0 aliphatic heterocycles. The number of allylic oxidation sites excluding steroid dienone is 5. The first-order chi connectivity index (χ1) is 44.5. The van der Waals surface area contributed by atoms with E-state index in [2.05, 4.69) is 43.5 Å². The number of nitrogens with one attached hydrogen (secondary N) is 1. The molecule has 2 unspecified atom stereocenters. The van der Waals surface area contributed by atoms with Crippen LogP contribution < -0.4 is 5.32 Å². The molecule has 0 aliphatic carbocycles. The van der Waals surface area contributed by atoms with E-state index in [1.54, 1.807) is 6.08 Å². The van der Waals surface area contributed by atoms with E-state index in [-0.39, 0.29) is 18.5 Å². The lowest BCUT2D eigenvalue weighted by Crippen LogP contribution is -2.45. The lowest BCUT2D eigenvalue weighted by molar-refractivity contribution is -0.143. The number of unbranched alkanes of at least 4 members (excludes halogenated alkanes) is 63. The lowest BCUT2D eigenvalue weighted by Gasteiger charge is -2.20. The summed E-state index contributed by atoms with van der Waals surface area (Å²) in [5.74, 6) is -0.0420. The molecule has 1 amide bonds. The summed E-state index contributed by atoms with van der Waals surface area (Å²) in [6, 6.07) is -0.628. The summed E-state index contributed by atoms with van der Waals surface area (Å²) in [7, 11) is 0. The number of ether oxygens (including phenoxy) is 1. The summed E-state index contributed by atoms with van der Waals surface area (Å²) in [6.45, 7) is 4.96. The highest BCUT2D eigenvalue weighted by atomic mass is 16.5. The van der Waals surface area contributed by atoms with Crippen LogP contribution in [0.15, 0.2) is 36.5 Å². The van der Waals surface area contributed by atoms with E-state index in [9.17, 15) is 19.8 Å². The van der Waals surface area contributed by atoms with Crippen molar-refractivity contribution >= 4 is 11.9 Å². The van der Waals surface area contributed by atoms with Crippen LogP contribution in [0.3, 0.4) is 0 Å². The fourth-order valence-electron chi connectivity index (χ4n) is 13.1. The summed E-state index contributed by atoms with van der Waals surface area (Å²) >= 11 is 0. The highest BCUT2D eigenvalue weighted by Gasteiger charge is 2.18. The molecular formula is C84H161NO5. The lowest BCUT2D eigenvalue weighted by atomic mass is 10.0. The SMILES string of the molecule is CCCCCCCCCCCCCCCCCCCCCC/C=C/C(O)C(CO)NC(=O)CCCCCCCCCCCCCCCCCCC/C=C\C/C=C\CCCCCCCCCCCOC(=O)CCCCCCCCCCCCCCCCCCCC. The maximum absolute atomic E-state index is 12.6. The molecule has 0 rings (SSSR count). The van der Waals surface area contributed by atoms with E-state index >= 15 is 0 Å². The Hall–Kier alpha value is -1.92. The topological polar surface area (TPSA) is 95.9 Å². The van der Waals surface area contributed by atoms with E-state index in [1.165, 1.54) is 392 Å². The molecule has 0 bridgehead atoms. The first kappa shape index (κ1) is 88.1. The Morgan fingerprint density at radius 3 is 0.844 bits per heavy atom. The van der Waals surface area contributed by atoms with Gasteiger partial charge in [0.15, 0.2) is 0 Å². The molecule has 0 aliphatic rings. The molecule has 6 nitrogen and oxygen atoms in total. The summed E-state index contributed by atoms with van der Waals surface area (Å²) in [5.41, 5.74) is 0. The third-order valence-corrected chi connectivity index (χ3v) is 19.4. The monoisotopic (exact) mass is 1260 g/mol. The molecule has 0 aromatic carbocycles. The largest absolute Gasteiger partial charge is 0.466 e. The molecule has 0 saturated heterocycles. The summed E-state index contributed by atoms with van der Waals surface area (Å²) in [5, 5.41) is 23.3. The van der Waals surface area contributed by atoms with Gasteiger partial charge in [0.2, 0.25) is 5.91 Å². The van der Waals surface area contributed by atoms with Crippen molar-refractivity contribution in [2.45, 2.75) is 475 Å². The van der Waals surface area contributed by atoms with Gasteiger partial charge in [0.05, 0.1) is 25.4 Å². The zero-order valence-electron chi connectivity index (χ0n) is 61.1. The van der Waals surface area contributed by atoms with Crippen LogP contribution in [0.4, 0.5) is 0 Å². The standard InChI is InChI=1S/C84H161NO5/c1-3-5-7-9-11-13-15-17-19-21-23-24-38-41-44-48-52-56-60-64-68-72-76-82(87)81(80-86)85-83(88)77-73-69-65-61-57-53-49-45-42-39-36-34-32-30-28-26-25-27-29-31-33-35-37-40-43-47-51-55-59-63-67-71-75-79-90-84(89)78-74-70-66-62-58-54-50-46-22-20-18-16-14-12-10-8-6-4-2/h29,31,35,37,72,76,81-82,86-87H,3-28,30,32-34,36,38-71,73-75,77-80H2,1-2H3,(H,85,88)/b31-29-,37-35-,76-72+. The van der Waals surface area contributed by atoms with Gasteiger partial charge in [-0.25, -0.2) is 0 Å². The number of hydrogen-bond donors (Lipinski definition) is 3. The van der Waals surface area contributed by atoms with Crippen molar-refractivity contribution in [2.24, 2.45) is 0 Å². The number of hydrogen-bond acceptors (Lipinski definition) is 5. The molecule has 0 saturated carbocycles. The number of esters is 1. The summed E-state index contributed by atoms with van der Waals surface area (Å²) in [6.07, 6.45) is 104. The Kier molecular flexibility index (Phi) is 77.8. The van der Waals surface area contributed by atoms with Gasteiger partial charge in [-0.2, -0.15) is 0 Å². The van der Waals surface area contributed by atoms with Gasteiger partial charge in [0.25, 0.3) is 0 Å². The van der Waals surface area contributed by atoms with Crippen LogP contribution in [0.5, 0.6) is 0 Å². The van der Waals surface area contributed by atoms with E-state index in [0.29, 0.717) is 19.4 Å². The Bertz CT molecular complexity index is 1460. The third kappa shape index (κ3) is 75.1. The van der Waals surface area contributed by atoms with Crippen molar-refractivity contribution in [1.82, 2.24) is 5.32 Å². The Labute approximate surface area is 564 Å². The Morgan fingerprint density at radius 1 is 0.311 bits per heavy atom. The van der Waals surface area contributed by atoms with Crippen LogP contribution in [0.1, 0.15) is 463 Å². The molecule has 0 fully saturated rings. The predicted molar refractivity (Wildman–Crippen MR) is 398 cm³/mol. The van der Waals surface area contributed by atoms with E-state index in [0.717, 1.165) is 44.9 Å². The van der Waals surface area contributed by atoms with Crippen LogP contribution in [-0.4, -0.2) is 47.4 Å². The van der Waals surface area contributed by atoms with E-state index in [4.69, 9.17) is 4.74 Å². The van der Waals surface area contributed by atoms with Crippen molar-refractivity contribution in [3.8, 4) is 0 Å². The van der Waals surface area contributed by atoms with Gasteiger partial charge < -0.3 is 20.3 Å². The molecular weight excluding hydrogens is 1100 g/mol. The minimum absolute atomic E-state index is 0.0193. The number of aliphatic hydroxyl groups is 2. The predicted octanol–water partition coefficient (Wildman–Crippen LogP) is 27.4. The Morgan fingerprint density at radius 2 is 0.556 bits per heavy atom. The smallest absolute Gasteiger partial charge is 0.305 e. The zero-order chi connectivity index (χ0) is 64.9. The maximum Gasteiger partial charge on any atom is 0.305 e. The first-order valence-corrected chi connectivity index (χ1v) is 41.3. The van der Waals surface area contributed by atoms with Crippen LogP contribution in [0.2, 0.25) is 0 Å². The van der Waals surface area contributed by atoms with Crippen LogP contribution in [-0.2, 0) is 14.3 Å². The first-order valence-electron chi connectivity index (χ1n) is 41.3. The molecule has 0 heterocycles. The van der Waals surface area contributed by atoms with Gasteiger partial charge in [-0.1, -0.05) is 423 Å². The fourth-order valence-corrected chi connectivity index (χ4v) is 13.1. The average molecular weight is 1270 g/mol. The molecule has 0 aromatic heterocycles. The molecule has 90 heavy (non-hydrogen) atoms. The van der Waals surface area contributed by atoms with Crippen molar-refractivity contribution in [3.63, 3.8) is 0 Å².